The summed E-state index contributed by atoms with van der Waals surface area (Å²) in [7, 11) is 0. The summed E-state index contributed by atoms with van der Waals surface area (Å²) in [6, 6.07) is 6.94. The number of hydrogen-bond donors (Lipinski definition) is 2. The molecule has 2 unspecified atom stereocenters. The number of aromatic nitrogens is 2. The Labute approximate surface area is 193 Å². The van der Waals surface area contributed by atoms with Gasteiger partial charge in [0.25, 0.3) is 5.91 Å². The second-order valence-corrected chi connectivity index (χ2v) is 9.13. The predicted molar refractivity (Wildman–Crippen MR) is 123 cm³/mol. The lowest BCUT2D eigenvalue weighted by atomic mass is 9.91. The van der Waals surface area contributed by atoms with Crippen LogP contribution in [0.25, 0.3) is 0 Å². The van der Waals surface area contributed by atoms with Crippen LogP contribution in [-0.2, 0) is 21.7 Å². The van der Waals surface area contributed by atoms with E-state index in [0.717, 1.165) is 17.1 Å². The molecule has 3 heterocycles. The summed E-state index contributed by atoms with van der Waals surface area (Å²) < 4.78 is 5.72. The molecule has 1 saturated heterocycles. The van der Waals surface area contributed by atoms with Gasteiger partial charge in [0, 0.05) is 49.4 Å². The number of rotatable bonds is 6. The van der Waals surface area contributed by atoms with Crippen LogP contribution in [0.15, 0.2) is 30.6 Å². The molecular formula is C23H30ClN5O3. The van der Waals surface area contributed by atoms with Crippen LogP contribution in [0.3, 0.4) is 0 Å². The molecule has 2 aliphatic heterocycles. The van der Waals surface area contributed by atoms with Crippen molar-refractivity contribution in [3.8, 4) is 0 Å². The van der Waals surface area contributed by atoms with Crippen LogP contribution >= 0.6 is 11.6 Å². The molecule has 0 aliphatic carbocycles. The van der Waals surface area contributed by atoms with Crippen molar-refractivity contribution in [2.24, 2.45) is 0 Å². The smallest absolute Gasteiger partial charge is 0.260 e. The van der Waals surface area contributed by atoms with Crippen molar-refractivity contribution in [2.45, 2.75) is 45.1 Å². The number of carbonyl (C=O) groups is 1. The van der Waals surface area contributed by atoms with Gasteiger partial charge in [-0.1, -0.05) is 37.6 Å². The van der Waals surface area contributed by atoms with Crippen LogP contribution in [0.2, 0.25) is 5.02 Å². The Morgan fingerprint density at radius 2 is 1.94 bits per heavy atom. The zero-order valence-corrected chi connectivity index (χ0v) is 19.5. The van der Waals surface area contributed by atoms with E-state index < -0.39 is 5.60 Å². The summed E-state index contributed by atoms with van der Waals surface area (Å²) in [5.74, 6) is 0.568. The molecule has 0 bridgehead atoms. The molecule has 1 fully saturated rings. The highest BCUT2D eigenvalue weighted by molar-refractivity contribution is 6.30. The first kappa shape index (κ1) is 22.9. The van der Waals surface area contributed by atoms with Crippen LogP contribution in [0.4, 0.5) is 5.82 Å². The highest BCUT2D eigenvalue weighted by Gasteiger charge is 2.42. The molecule has 2 N–H and O–H groups in total. The molecule has 0 spiro atoms. The first-order valence-corrected chi connectivity index (χ1v) is 11.4. The van der Waals surface area contributed by atoms with Crippen molar-refractivity contribution < 1.29 is 14.6 Å². The number of ether oxygens (including phenoxy) is 1. The Morgan fingerprint density at radius 1 is 1.25 bits per heavy atom. The number of piperazine rings is 1. The number of anilines is 1. The topological polar surface area (TPSA) is 90.8 Å². The second kappa shape index (κ2) is 9.31. The molecule has 172 valence electrons. The third-order valence-corrected chi connectivity index (χ3v) is 6.38. The number of nitrogens with zero attached hydrogens (tertiary/aromatic N) is 4. The summed E-state index contributed by atoms with van der Waals surface area (Å²) in [6.07, 6.45) is 1.53. The third kappa shape index (κ3) is 4.45. The van der Waals surface area contributed by atoms with Crippen molar-refractivity contribution in [3.05, 3.63) is 52.4 Å². The van der Waals surface area contributed by atoms with E-state index in [4.69, 9.17) is 16.3 Å². The zero-order valence-electron chi connectivity index (χ0n) is 18.7. The van der Waals surface area contributed by atoms with E-state index in [1.165, 1.54) is 0 Å². The Bertz CT molecular complexity index is 963. The standard InChI is InChI=1S/C23H30ClN5O3/c1-15(2)25-13-23(31,17-4-6-18(24)7-5-17)22(30)29-10-8-28(9-11-29)21-20-16(3)32-12-19(20)26-14-27-21/h4-7,14-16,25,31H,8-13H2,1-3H3. The fourth-order valence-electron chi connectivity index (χ4n) is 4.25. The van der Waals surface area contributed by atoms with Crippen LogP contribution in [0.1, 0.15) is 43.7 Å². The molecule has 8 nitrogen and oxygen atoms in total. The number of benzene rings is 1. The number of fused-ring (bicyclic) bond motifs is 1. The minimum atomic E-state index is -1.67. The van der Waals surface area contributed by atoms with Crippen LogP contribution in [-0.4, -0.2) is 64.6 Å². The molecule has 2 aromatic rings. The van der Waals surface area contributed by atoms with E-state index in [0.29, 0.717) is 43.4 Å². The van der Waals surface area contributed by atoms with Gasteiger partial charge in [-0.3, -0.25) is 4.79 Å². The van der Waals surface area contributed by atoms with Gasteiger partial charge in [-0.25, -0.2) is 9.97 Å². The van der Waals surface area contributed by atoms with Crippen LogP contribution in [0, 0.1) is 0 Å². The van der Waals surface area contributed by atoms with Gasteiger partial charge >= 0.3 is 0 Å². The van der Waals surface area contributed by atoms with Gasteiger partial charge in [0.15, 0.2) is 5.60 Å². The summed E-state index contributed by atoms with van der Waals surface area (Å²) >= 11 is 6.02. The minimum Gasteiger partial charge on any atom is -0.374 e. The summed E-state index contributed by atoms with van der Waals surface area (Å²) in [4.78, 5) is 26.3. The molecule has 0 radical (unpaired) electrons. The van der Waals surface area contributed by atoms with Gasteiger partial charge in [-0.2, -0.15) is 0 Å². The second-order valence-electron chi connectivity index (χ2n) is 8.69. The van der Waals surface area contributed by atoms with Gasteiger partial charge in [0.1, 0.15) is 12.1 Å². The molecule has 4 rings (SSSR count). The van der Waals surface area contributed by atoms with E-state index in [-0.39, 0.29) is 24.6 Å². The fourth-order valence-corrected chi connectivity index (χ4v) is 4.38. The minimum absolute atomic E-state index is 0.0436. The first-order chi connectivity index (χ1) is 15.3. The number of aliphatic hydroxyl groups is 1. The van der Waals surface area contributed by atoms with Crippen molar-refractivity contribution in [1.82, 2.24) is 20.2 Å². The molecular weight excluding hydrogens is 430 g/mol. The molecule has 1 aromatic carbocycles. The SMILES string of the molecule is CC(C)NCC(O)(C(=O)N1CCN(c2ncnc3c2C(C)OC3)CC1)c1ccc(Cl)cc1. The van der Waals surface area contributed by atoms with Gasteiger partial charge in [-0.05, 0) is 24.6 Å². The van der Waals surface area contributed by atoms with E-state index in [1.54, 1.807) is 35.5 Å². The Kier molecular flexibility index (Phi) is 6.67. The molecule has 32 heavy (non-hydrogen) atoms. The van der Waals surface area contributed by atoms with E-state index in [9.17, 15) is 9.90 Å². The molecule has 1 aromatic heterocycles. The maximum Gasteiger partial charge on any atom is 0.260 e. The zero-order chi connectivity index (χ0) is 22.9. The lowest BCUT2D eigenvalue weighted by molar-refractivity contribution is -0.152. The van der Waals surface area contributed by atoms with Crippen molar-refractivity contribution in [3.63, 3.8) is 0 Å². The summed E-state index contributed by atoms with van der Waals surface area (Å²) in [6.45, 7) is 8.82. The monoisotopic (exact) mass is 459 g/mol. The number of nitrogens with one attached hydrogen (secondary N) is 1. The van der Waals surface area contributed by atoms with Gasteiger partial charge in [0.05, 0.1) is 18.4 Å². The average molecular weight is 460 g/mol. The largest absolute Gasteiger partial charge is 0.374 e. The number of hydrogen-bond acceptors (Lipinski definition) is 7. The maximum atomic E-state index is 13.5. The molecule has 0 saturated carbocycles. The number of amides is 1. The highest BCUT2D eigenvalue weighted by atomic mass is 35.5. The molecule has 2 aliphatic rings. The van der Waals surface area contributed by atoms with Crippen molar-refractivity contribution >= 4 is 23.3 Å². The fraction of sp³-hybridized carbons (Fsp3) is 0.522. The third-order valence-electron chi connectivity index (χ3n) is 6.13. The molecule has 2 atom stereocenters. The Hall–Kier alpha value is -2.26. The molecule has 9 heteroatoms. The quantitative estimate of drug-likeness (QED) is 0.684. The Morgan fingerprint density at radius 3 is 2.59 bits per heavy atom. The normalized spacial score (nSPS) is 20.4. The van der Waals surface area contributed by atoms with Crippen molar-refractivity contribution in [1.29, 1.82) is 0 Å². The van der Waals surface area contributed by atoms with Crippen LogP contribution in [0.5, 0.6) is 0 Å². The van der Waals surface area contributed by atoms with E-state index in [1.807, 2.05) is 20.8 Å². The summed E-state index contributed by atoms with van der Waals surface area (Å²) in [5, 5.41) is 15.3. The van der Waals surface area contributed by atoms with E-state index >= 15 is 0 Å². The van der Waals surface area contributed by atoms with Gasteiger partial charge in [0.2, 0.25) is 0 Å². The lowest BCUT2D eigenvalue weighted by Crippen LogP contribution is -2.58. The molecule has 1 amide bonds. The number of carbonyl (C=O) groups excluding carboxylic acids is 1. The van der Waals surface area contributed by atoms with Gasteiger partial charge in [-0.15, -0.1) is 0 Å². The van der Waals surface area contributed by atoms with E-state index in [2.05, 4.69) is 20.2 Å². The van der Waals surface area contributed by atoms with Gasteiger partial charge < -0.3 is 25.0 Å². The average Bonchev–Trinajstić information content (AvgIpc) is 3.18. The maximum absolute atomic E-state index is 13.5. The highest BCUT2D eigenvalue weighted by Crippen LogP contribution is 2.35. The lowest BCUT2D eigenvalue weighted by Gasteiger charge is -2.40. The van der Waals surface area contributed by atoms with Crippen molar-refractivity contribution in [2.75, 3.05) is 37.6 Å². The Balaban J connectivity index is 1.51. The first-order valence-electron chi connectivity index (χ1n) is 11.0. The predicted octanol–water partition coefficient (Wildman–Crippen LogP) is 2.26. The number of halogens is 1. The van der Waals surface area contributed by atoms with Crippen LogP contribution < -0.4 is 10.2 Å². The summed E-state index contributed by atoms with van der Waals surface area (Å²) in [5.41, 5.74) is 0.821.